The first kappa shape index (κ1) is 55.4. The summed E-state index contributed by atoms with van der Waals surface area (Å²) < 4.78 is 5.82. The Morgan fingerprint density at radius 1 is 0.464 bits per heavy atom. The molecule has 0 aromatic heterocycles. The molecule has 0 aliphatic rings. The molecule has 0 saturated heterocycles. The number of carbonyl (C=O) groups is 1. The molecule has 336 valence electrons. The molecule has 5 nitrogen and oxygen atoms in total. The molecule has 4 atom stereocenters. The van der Waals surface area contributed by atoms with Crippen molar-refractivity contribution in [2.75, 3.05) is 32.8 Å². The summed E-state index contributed by atoms with van der Waals surface area (Å²) in [7, 11) is 0. The molecule has 0 aliphatic carbocycles. The first-order chi connectivity index (χ1) is 27.4. The number of unbranched alkanes of at least 4 members (excludes halogenated alkanes) is 19. The van der Waals surface area contributed by atoms with Crippen LogP contribution in [0.3, 0.4) is 0 Å². The summed E-state index contributed by atoms with van der Waals surface area (Å²) in [6.45, 7) is 15.1. The molecule has 0 fully saturated rings. The molecule has 0 heterocycles. The average Bonchev–Trinajstić information content (AvgIpc) is 3.19. The lowest BCUT2D eigenvalue weighted by Gasteiger charge is -2.27. The fourth-order valence-electron chi connectivity index (χ4n) is 8.98. The van der Waals surface area contributed by atoms with Crippen LogP contribution < -0.4 is 0 Å². The number of hydrogen-bond donors (Lipinski definition) is 2. The predicted octanol–water partition coefficient (Wildman–Crippen LogP) is 15.2. The van der Waals surface area contributed by atoms with Gasteiger partial charge >= 0.3 is 5.97 Å². The van der Waals surface area contributed by atoms with Crippen LogP contribution in [0.1, 0.15) is 266 Å². The quantitative estimate of drug-likeness (QED) is 0.0474. The van der Waals surface area contributed by atoms with Crippen molar-refractivity contribution in [1.82, 2.24) is 4.90 Å². The first-order valence-corrected chi connectivity index (χ1v) is 25.6. The third-order valence-corrected chi connectivity index (χ3v) is 12.7. The number of rotatable bonds is 46. The number of ether oxygens (including phenoxy) is 1. The zero-order chi connectivity index (χ0) is 41.2. The number of nitrogens with zero attached hydrogens (tertiary/aromatic N) is 1. The molecule has 0 radical (unpaired) electrons. The highest BCUT2D eigenvalue weighted by atomic mass is 16.5. The van der Waals surface area contributed by atoms with Gasteiger partial charge in [0.05, 0.1) is 12.7 Å². The Hall–Kier alpha value is -0.650. The largest absolute Gasteiger partial charge is 0.466 e. The molecule has 0 aliphatic heterocycles. The molecule has 0 bridgehead atoms. The molecule has 2 N–H and O–H groups in total. The average molecular weight is 794 g/mol. The predicted molar refractivity (Wildman–Crippen MR) is 246 cm³/mol. The van der Waals surface area contributed by atoms with E-state index in [-0.39, 0.29) is 18.7 Å². The molecule has 0 aromatic rings. The molecule has 0 rings (SSSR count). The monoisotopic (exact) mass is 794 g/mol. The van der Waals surface area contributed by atoms with E-state index in [1.54, 1.807) is 0 Å². The minimum Gasteiger partial charge on any atom is -0.466 e. The van der Waals surface area contributed by atoms with E-state index in [1.165, 1.54) is 161 Å². The number of carbonyl (C=O) groups excluding carboxylic acids is 1. The Labute approximate surface area is 352 Å². The van der Waals surface area contributed by atoms with Gasteiger partial charge in [-0.3, -0.25) is 4.79 Å². The third kappa shape index (κ3) is 36.4. The summed E-state index contributed by atoms with van der Waals surface area (Å²) in [5.41, 5.74) is 0. The molecule has 0 spiro atoms. The highest BCUT2D eigenvalue weighted by Crippen LogP contribution is 2.32. The van der Waals surface area contributed by atoms with Gasteiger partial charge in [-0.1, -0.05) is 214 Å². The van der Waals surface area contributed by atoms with E-state index in [0.717, 1.165) is 95.7 Å². The van der Waals surface area contributed by atoms with E-state index >= 15 is 0 Å². The van der Waals surface area contributed by atoms with Crippen LogP contribution >= 0.6 is 0 Å². The van der Waals surface area contributed by atoms with Crippen molar-refractivity contribution in [2.24, 2.45) is 17.8 Å². The molecule has 0 amide bonds. The van der Waals surface area contributed by atoms with Crippen molar-refractivity contribution >= 4 is 5.97 Å². The van der Waals surface area contributed by atoms with Crippen LogP contribution in [0.25, 0.3) is 0 Å². The maximum absolute atomic E-state index is 12.7. The van der Waals surface area contributed by atoms with Crippen LogP contribution in [0.4, 0.5) is 0 Å². The van der Waals surface area contributed by atoms with Crippen LogP contribution in [-0.2, 0) is 9.53 Å². The maximum atomic E-state index is 12.7. The Morgan fingerprint density at radius 3 is 1.45 bits per heavy atom. The van der Waals surface area contributed by atoms with Gasteiger partial charge in [0.25, 0.3) is 0 Å². The van der Waals surface area contributed by atoms with Gasteiger partial charge in [0, 0.05) is 19.6 Å². The van der Waals surface area contributed by atoms with Gasteiger partial charge < -0.3 is 19.8 Å². The zero-order valence-corrected chi connectivity index (χ0v) is 39.0. The molecule has 56 heavy (non-hydrogen) atoms. The molecular formula is C51H103NO4. The topological polar surface area (TPSA) is 70.0 Å². The highest BCUT2D eigenvalue weighted by Gasteiger charge is 2.21. The lowest BCUT2D eigenvalue weighted by atomic mass is 9.79. The van der Waals surface area contributed by atoms with Gasteiger partial charge in [-0.15, -0.1) is 0 Å². The Balaban J connectivity index is 4.49. The normalized spacial score (nSPS) is 14.0. The standard InChI is InChI=1S/C51H103NO4/c1-6-11-16-18-25-34-47(33-24-13-8-3)35-26-19-20-28-39-50(54)46-52(43-31-23-32-44-53)42-30-22-21-29-40-51(55)56-45-41-49(37-15-10-5)48(36-14-9-4)38-27-17-12-7-2/h47-50,53-54H,6-46H2,1-5H3. The van der Waals surface area contributed by atoms with Gasteiger partial charge in [0.2, 0.25) is 0 Å². The summed E-state index contributed by atoms with van der Waals surface area (Å²) in [5.74, 6) is 2.40. The Morgan fingerprint density at radius 2 is 0.875 bits per heavy atom. The van der Waals surface area contributed by atoms with Crippen LogP contribution in [-0.4, -0.2) is 60.0 Å². The lowest BCUT2D eigenvalue weighted by molar-refractivity contribution is -0.144. The zero-order valence-electron chi connectivity index (χ0n) is 39.0. The smallest absolute Gasteiger partial charge is 0.305 e. The Bertz CT molecular complexity index is 777. The molecule has 4 unspecified atom stereocenters. The second-order valence-corrected chi connectivity index (χ2v) is 18.1. The Kier molecular flexibility index (Phi) is 43.4. The van der Waals surface area contributed by atoms with Crippen molar-refractivity contribution < 1.29 is 19.7 Å². The lowest BCUT2D eigenvalue weighted by Crippen LogP contribution is -2.34. The van der Waals surface area contributed by atoms with Gasteiger partial charge in [-0.05, 0) is 75.8 Å². The van der Waals surface area contributed by atoms with Gasteiger partial charge in [-0.2, -0.15) is 0 Å². The SMILES string of the molecule is CCCCCCCC(CCCCC)CCCCCCC(O)CN(CCCCCO)CCCCCCC(=O)OCCC(CCCC)C(CCCC)CCCCCC. The summed E-state index contributed by atoms with van der Waals surface area (Å²) in [5, 5.41) is 20.2. The van der Waals surface area contributed by atoms with E-state index in [4.69, 9.17) is 4.74 Å². The van der Waals surface area contributed by atoms with Crippen molar-refractivity contribution in [3.8, 4) is 0 Å². The minimum atomic E-state index is -0.253. The van der Waals surface area contributed by atoms with Crippen LogP contribution in [0.2, 0.25) is 0 Å². The van der Waals surface area contributed by atoms with Crippen molar-refractivity contribution in [1.29, 1.82) is 0 Å². The maximum Gasteiger partial charge on any atom is 0.305 e. The second-order valence-electron chi connectivity index (χ2n) is 18.1. The van der Waals surface area contributed by atoms with Crippen LogP contribution in [0, 0.1) is 17.8 Å². The van der Waals surface area contributed by atoms with Crippen LogP contribution in [0.15, 0.2) is 0 Å². The number of hydrogen-bond acceptors (Lipinski definition) is 5. The minimum absolute atomic E-state index is 0.00877. The third-order valence-electron chi connectivity index (χ3n) is 12.7. The number of esters is 1. The van der Waals surface area contributed by atoms with Crippen LogP contribution in [0.5, 0.6) is 0 Å². The molecule has 0 saturated carbocycles. The summed E-state index contributed by atoms with van der Waals surface area (Å²) in [6.07, 6.45) is 44.3. The summed E-state index contributed by atoms with van der Waals surface area (Å²) >= 11 is 0. The fourth-order valence-corrected chi connectivity index (χ4v) is 8.98. The van der Waals surface area contributed by atoms with E-state index in [1.807, 2.05) is 0 Å². The highest BCUT2D eigenvalue weighted by molar-refractivity contribution is 5.69. The molecular weight excluding hydrogens is 691 g/mol. The van der Waals surface area contributed by atoms with E-state index in [2.05, 4.69) is 39.5 Å². The van der Waals surface area contributed by atoms with E-state index in [0.29, 0.717) is 18.9 Å². The van der Waals surface area contributed by atoms with Gasteiger partial charge in [0.1, 0.15) is 0 Å². The fraction of sp³-hybridized carbons (Fsp3) is 0.980. The number of aliphatic hydroxyl groups excluding tert-OH is 2. The van der Waals surface area contributed by atoms with Gasteiger partial charge in [0.15, 0.2) is 0 Å². The van der Waals surface area contributed by atoms with E-state index in [9.17, 15) is 15.0 Å². The summed E-state index contributed by atoms with van der Waals surface area (Å²) in [6, 6.07) is 0. The van der Waals surface area contributed by atoms with Crippen molar-refractivity contribution in [3.05, 3.63) is 0 Å². The van der Waals surface area contributed by atoms with Crippen molar-refractivity contribution in [2.45, 2.75) is 272 Å². The second kappa shape index (κ2) is 43.9. The van der Waals surface area contributed by atoms with E-state index < -0.39 is 0 Å². The van der Waals surface area contributed by atoms with Gasteiger partial charge in [-0.25, -0.2) is 0 Å². The summed E-state index contributed by atoms with van der Waals surface area (Å²) in [4.78, 5) is 15.1. The first-order valence-electron chi connectivity index (χ1n) is 25.6. The van der Waals surface area contributed by atoms with Crippen molar-refractivity contribution in [3.63, 3.8) is 0 Å². The molecule has 0 aromatic carbocycles. The number of aliphatic hydroxyl groups is 2. The molecule has 5 heteroatoms.